The van der Waals surface area contributed by atoms with Gasteiger partial charge in [0, 0.05) is 6.04 Å². The van der Waals surface area contributed by atoms with Crippen molar-refractivity contribution in [2.45, 2.75) is 57.4 Å². The van der Waals surface area contributed by atoms with E-state index in [-0.39, 0.29) is 5.82 Å². The van der Waals surface area contributed by atoms with E-state index in [0.29, 0.717) is 12.0 Å². The molecule has 1 nitrogen and oxygen atoms in total. The molecule has 0 saturated heterocycles. The second kappa shape index (κ2) is 7.64. The van der Waals surface area contributed by atoms with Crippen molar-refractivity contribution in [1.82, 2.24) is 5.32 Å². The highest BCUT2D eigenvalue weighted by Gasteiger charge is 2.21. The Kier molecular flexibility index (Phi) is 5.84. The predicted octanol–water partition coefficient (Wildman–Crippen LogP) is 4.32. The van der Waals surface area contributed by atoms with Gasteiger partial charge < -0.3 is 5.32 Å². The van der Waals surface area contributed by atoms with E-state index < -0.39 is 0 Å². The van der Waals surface area contributed by atoms with Gasteiger partial charge in [0.25, 0.3) is 0 Å². The maximum atomic E-state index is 13.8. The molecule has 0 aromatic heterocycles. The number of benzene rings is 1. The van der Waals surface area contributed by atoms with Crippen LogP contribution in [0.3, 0.4) is 0 Å². The van der Waals surface area contributed by atoms with E-state index in [1.54, 1.807) is 12.1 Å². The molecule has 1 aliphatic carbocycles. The van der Waals surface area contributed by atoms with Crippen LogP contribution in [-0.2, 0) is 6.42 Å². The van der Waals surface area contributed by atoms with Crippen molar-refractivity contribution in [2.24, 2.45) is 5.92 Å². The molecule has 2 heteroatoms. The molecule has 19 heavy (non-hydrogen) atoms. The number of likely N-dealkylation sites (N-methyl/N-ethyl adjacent to an activating group) is 1. The van der Waals surface area contributed by atoms with Crippen molar-refractivity contribution < 1.29 is 4.39 Å². The van der Waals surface area contributed by atoms with Gasteiger partial charge in [-0.15, -0.1) is 0 Å². The van der Waals surface area contributed by atoms with Crippen LogP contribution in [0.25, 0.3) is 0 Å². The summed E-state index contributed by atoms with van der Waals surface area (Å²) >= 11 is 0. The van der Waals surface area contributed by atoms with Gasteiger partial charge in [0.2, 0.25) is 0 Å². The molecule has 1 atom stereocenters. The van der Waals surface area contributed by atoms with Crippen LogP contribution in [0.5, 0.6) is 0 Å². The first-order valence-corrected chi connectivity index (χ1v) is 7.72. The van der Waals surface area contributed by atoms with Gasteiger partial charge in [-0.3, -0.25) is 0 Å². The number of halogens is 1. The molecule has 1 aromatic rings. The fraction of sp³-hybridized carbons (Fsp3) is 0.647. The quantitative estimate of drug-likeness (QED) is 0.853. The third-order valence-corrected chi connectivity index (χ3v) is 4.49. The lowest BCUT2D eigenvalue weighted by atomic mass is 9.83. The minimum atomic E-state index is -0.0615. The SMILES string of the molecule is CNC(Cc1ccccc1F)C1CCCCCCC1. The van der Waals surface area contributed by atoms with E-state index >= 15 is 0 Å². The summed E-state index contributed by atoms with van der Waals surface area (Å²) in [6.07, 6.45) is 10.2. The van der Waals surface area contributed by atoms with Gasteiger partial charge in [-0.1, -0.05) is 50.3 Å². The van der Waals surface area contributed by atoms with E-state index in [4.69, 9.17) is 0 Å². The normalized spacial score (nSPS) is 19.7. The highest BCUT2D eigenvalue weighted by Crippen LogP contribution is 2.26. The molecule has 0 radical (unpaired) electrons. The van der Waals surface area contributed by atoms with Crippen molar-refractivity contribution in [2.75, 3.05) is 7.05 Å². The Hall–Kier alpha value is -0.890. The van der Waals surface area contributed by atoms with E-state index in [9.17, 15) is 4.39 Å². The largest absolute Gasteiger partial charge is 0.316 e. The lowest BCUT2D eigenvalue weighted by molar-refractivity contribution is 0.292. The first kappa shape index (κ1) is 14.5. The molecular weight excluding hydrogens is 237 g/mol. The Morgan fingerprint density at radius 3 is 2.37 bits per heavy atom. The maximum Gasteiger partial charge on any atom is 0.126 e. The van der Waals surface area contributed by atoms with Crippen LogP contribution in [0.2, 0.25) is 0 Å². The summed E-state index contributed by atoms with van der Waals surface area (Å²) in [5.74, 6) is 0.638. The summed E-state index contributed by atoms with van der Waals surface area (Å²) < 4.78 is 13.8. The van der Waals surface area contributed by atoms with Crippen molar-refractivity contribution >= 4 is 0 Å². The molecule has 0 spiro atoms. The molecule has 0 heterocycles. The van der Waals surface area contributed by atoms with Crippen LogP contribution in [-0.4, -0.2) is 13.1 Å². The zero-order valence-electron chi connectivity index (χ0n) is 12.0. The standard InChI is InChI=1S/C17H26FN/c1-19-17(13-15-11-7-8-12-16(15)18)14-9-5-3-2-4-6-10-14/h7-8,11-12,14,17,19H,2-6,9-10,13H2,1H3. The maximum absolute atomic E-state index is 13.8. The third kappa shape index (κ3) is 4.31. The second-order valence-electron chi connectivity index (χ2n) is 5.80. The summed E-state index contributed by atoms with van der Waals surface area (Å²) in [7, 11) is 2.02. The summed E-state index contributed by atoms with van der Waals surface area (Å²) in [6.45, 7) is 0. The van der Waals surface area contributed by atoms with Crippen molar-refractivity contribution in [1.29, 1.82) is 0 Å². The number of hydrogen-bond donors (Lipinski definition) is 1. The van der Waals surface area contributed by atoms with Gasteiger partial charge in [0.1, 0.15) is 5.82 Å². The monoisotopic (exact) mass is 263 g/mol. The molecule has 0 amide bonds. The first-order chi connectivity index (χ1) is 9.31. The smallest absolute Gasteiger partial charge is 0.126 e. The summed E-state index contributed by atoms with van der Waals surface area (Å²) in [5.41, 5.74) is 0.851. The molecule has 0 aliphatic heterocycles. The molecule has 1 aliphatic rings. The predicted molar refractivity (Wildman–Crippen MR) is 78.8 cm³/mol. The fourth-order valence-electron chi connectivity index (χ4n) is 3.30. The van der Waals surface area contributed by atoms with E-state index in [1.807, 2.05) is 19.2 Å². The highest BCUT2D eigenvalue weighted by atomic mass is 19.1. The van der Waals surface area contributed by atoms with Crippen LogP contribution >= 0.6 is 0 Å². The molecule has 1 saturated carbocycles. The van der Waals surface area contributed by atoms with Gasteiger partial charge in [-0.2, -0.15) is 0 Å². The Balaban J connectivity index is 2.00. The van der Waals surface area contributed by atoms with Crippen LogP contribution in [0.1, 0.15) is 50.5 Å². The summed E-state index contributed by atoms with van der Waals surface area (Å²) in [5, 5.41) is 3.43. The molecular formula is C17H26FN. The van der Waals surface area contributed by atoms with Gasteiger partial charge >= 0.3 is 0 Å². The van der Waals surface area contributed by atoms with Crippen LogP contribution in [0, 0.1) is 11.7 Å². The van der Waals surface area contributed by atoms with Gasteiger partial charge in [-0.25, -0.2) is 4.39 Å². The number of rotatable bonds is 4. The van der Waals surface area contributed by atoms with Gasteiger partial charge in [0.15, 0.2) is 0 Å². The zero-order valence-corrected chi connectivity index (χ0v) is 12.0. The Labute approximate surface area is 116 Å². The van der Waals surface area contributed by atoms with Crippen LogP contribution in [0.4, 0.5) is 4.39 Å². The van der Waals surface area contributed by atoms with E-state index in [2.05, 4.69) is 5.32 Å². The average molecular weight is 263 g/mol. The Bertz CT molecular complexity index is 369. The third-order valence-electron chi connectivity index (χ3n) is 4.49. The van der Waals surface area contributed by atoms with Gasteiger partial charge in [0.05, 0.1) is 0 Å². The summed E-state index contributed by atoms with van der Waals surface area (Å²) in [6, 6.07) is 7.60. The summed E-state index contributed by atoms with van der Waals surface area (Å²) in [4.78, 5) is 0. The lowest BCUT2D eigenvalue weighted by Crippen LogP contribution is -2.36. The average Bonchev–Trinajstić information content (AvgIpc) is 2.38. The topological polar surface area (TPSA) is 12.0 Å². The zero-order chi connectivity index (χ0) is 13.5. The molecule has 1 N–H and O–H groups in total. The molecule has 1 unspecified atom stereocenters. The van der Waals surface area contributed by atoms with Crippen molar-refractivity contribution in [3.63, 3.8) is 0 Å². The highest BCUT2D eigenvalue weighted by molar-refractivity contribution is 5.18. The van der Waals surface area contributed by atoms with Crippen LogP contribution < -0.4 is 5.32 Å². The molecule has 106 valence electrons. The van der Waals surface area contributed by atoms with Crippen LogP contribution in [0.15, 0.2) is 24.3 Å². The lowest BCUT2D eigenvalue weighted by Gasteiger charge is -2.28. The number of nitrogens with one attached hydrogen (secondary N) is 1. The van der Waals surface area contributed by atoms with Gasteiger partial charge in [-0.05, 0) is 43.9 Å². The molecule has 0 bridgehead atoms. The molecule has 2 rings (SSSR count). The fourth-order valence-corrected chi connectivity index (χ4v) is 3.30. The van der Waals surface area contributed by atoms with E-state index in [1.165, 1.54) is 44.9 Å². The van der Waals surface area contributed by atoms with Crippen molar-refractivity contribution in [3.8, 4) is 0 Å². The molecule has 1 aromatic carbocycles. The Morgan fingerprint density at radius 2 is 1.74 bits per heavy atom. The first-order valence-electron chi connectivity index (χ1n) is 7.72. The molecule has 1 fully saturated rings. The second-order valence-corrected chi connectivity index (χ2v) is 5.80. The Morgan fingerprint density at radius 1 is 1.11 bits per heavy atom. The van der Waals surface area contributed by atoms with E-state index in [0.717, 1.165) is 12.0 Å². The minimum absolute atomic E-state index is 0.0615. The minimum Gasteiger partial charge on any atom is -0.316 e. The number of hydrogen-bond acceptors (Lipinski definition) is 1. The van der Waals surface area contributed by atoms with Crippen molar-refractivity contribution in [3.05, 3.63) is 35.6 Å².